The summed E-state index contributed by atoms with van der Waals surface area (Å²) in [5.74, 6) is 0.669. The summed E-state index contributed by atoms with van der Waals surface area (Å²) in [6.07, 6.45) is 5.25. The number of aromatic nitrogens is 1. The number of carbonyl (C=O) groups is 2. The zero-order chi connectivity index (χ0) is 23.2. The summed E-state index contributed by atoms with van der Waals surface area (Å²) in [5.41, 5.74) is 3.51. The van der Waals surface area contributed by atoms with E-state index in [0.29, 0.717) is 24.6 Å². The zero-order valence-corrected chi connectivity index (χ0v) is 21.2. The first-order chi connectivity index (χ1) is 15.0. The van der Waals surface area contributed by atoms with Crippen molar-refractivity contribution >= 4 is 44.4 Å². The summed E-state index contributed by atoms with van der Waals surface area (Å²) in [5, 5.41) is 1.04. The Morgan fingerprint density at radius 2 is 1.91 bits per heavy atom. The van der Waals surface area contributed by atoms with E-state index in [1.165, 1.54) is 12.8 Å². The molecule has 0 unspecified atom stereocenters. The monoisotopic (exact) mass is 501 g/mol. The molecule has 0 N–H and O–H groups in total. The maximum absolute atomic E-state index is 12.7. The van der Waals surface area contributed by atoms with Crippen LogP contribution in [0.5, 0.6) is 0 Å². The number of amides is 2. The zero-order valence-electron chi connectivity index (χ0n) is 19.6. The minimum atomic E-state index is -0.514. The molecule has 1 aromatic carbocycles. The van der Waals surface area contributed by atoms with Gasteiger partial charge in [-0.15, -0.1) is 0 Å². The molecule has 1 fully saturated rings. The maximum atomic E-state index is 12.7. The Hall–Kier alpha value is -2.28. The molecule has 2 aliphatic rings. The highest BCUT2D eigenvalue weighted by atomic mass is 79.9. The molecule has 4 rings (SSSR count). The van der Waals surface area contributed by atoms with Crippen molar-refractivity contribution in [1.82, 2.24) is 14.4 Å². The fourth-order valence-corrected chi connectivity index (χ4v) is 4.86. The Morgan fingerprint density at radius 1 is 1.19 bits per heavy atom. The number of hydrogen-bond donors (Lipinski definition) is 0. The minimum Gasteiger partial charge on any atom is -0.444 e. The highest BCUT2D eigenvalue weighted by Gasteiger charge is 2.29. The maximum Gasteiger partial charge on any atom is 0.410 e. The summed E-state index contributed by atoms with van der Waals surface area (Å²) in [6.45, 7) is 7.81. The molecule has 7 heteroatoms. The molecule has 0 spiro atoms. The van der Waals surface area contributed by atoms with Crippen LogP contribution in [0, 0.1) is 5.92 Å². The van der Waals surface area contributed by atoms with Crippen LogP contribution in [0.25, 0.3) is 16.5 Å². The second-order valence-electron chi connectivity index (χ2n) is 10.1. The van der Waals surface area contributed by atoms with E-state index in [-0.39, 0.29) is 12.0 Å². The Kier molecular flexibility index (Phi) is 6.14. The molecule has 0 radical (unpaired) electrons. The lowest BCUT2D eigenvalue weighted by molar-refractivity contribution is 0.0272. The van der Waals surface area contributed by atoms with Gasteiger partial charge in [-0.25, -0.2) is 4.79 Å². The van der Waals surface area contributed by atoms with Gasteiger partial charge in [0.05, 0.1) is 12.1 Å². The molecule has 0 saturated heterocycles. The van der Waals surface area contributed by atoms with E-state index in [1.807, 2.05) is 32.9 Å². The number of carbonyl (C=O) groups excluding carboxylic acids is 2. The van der Waals surface area contributed by atoms with Crippen molar-refractivity contribution in [2.45, 2.75) is 52.2 Å². The van der Waals surface area contributed by atoms with Crippen LogP contribution in [0.3, 0.4) is 0 Å². The van der Waals surface area contributed by atoms with E-state index in [2.05, 4.69) is 32.6 Å². The number of fused-ring (bicyclic) bond motifs is 1. The standard InChI is InChI=1S/C25H32BrN3O3/c1-25(2,3)32-24(31)28-10-6-7-17(15-28)21-13-18-11-19(23(30)27(4)5)12-20(26)22(18)29(21)14-16-8-9-16/h7,11-13,16H,6,8-10,14-15H2,1-5H3. The van der Waals surface area contributed by atoms with Crippen LogP contribution in [-0.2, 0) is 11.3 Å². The largest absolute Gasteiger partial charge is 0.444 e. The minimum absolute atomic E-state index is 0.0166. The van der Waals surface area contributed by atoms with Crippen molar-refractivity contribution in [2.75, 3.05) is 27.2 Å². The van der Waals surface area contributed by atoms with E-state index in [0.717, 1.165) is 39.6 Å². The molecule has 32 heavy (non-hydrogen) atoms. The number of benzene rings is 1. The van der Waals surface area contributed by atoms with E-state index in [4.69, 9.17) is 4.74 Å². The Balaban J connectivity index is 1.72. The third-order valence-corrected chi connectivity index (χ3v) is 6.47. The molecule has 0 atom stereocenters. The van der Waals surface area contributed by atoms with Crippen molar-refractivity contribution in [3.8, 4) is 0 Å². The SMILES string of the molecule is CN(C)C(=O)c1cc(Br)c2c(c1)cc(C1=CCCN(C(=O)OC(C)(C)C)C1)n2CC1CC1. The number of halogens is 1. The fraction of sp³-hybridized carbons (Fsp3) is 0.520. The van der Waals surface area contributed by atoms with Crippen LogP contribution in [0.1, 0.15) is 56.1 Å². The van der Waals surface area contributed by atoms with Gasteiger partial charge >= 0.3 is 6.09 Å². The van der Waals surface area contributed by atoms with Gasteiger partial charge in [0.1, 0.15) is 5.60 Å². The molecule has 1 aliphatic carbocycles. The normalized spacial score (nSPS) is 16.8. The van der Waals surface area contributed by atoms with Gasteiger partial charge < -0.3 is 19.1 Å². The summed E-state index contributed by atoms with van der Waals surface area (Å²) in [4.78, 5) is 28.7. The van der Waals surface area contributed by atoms with E-state index >= 15 is 0 Å². The van der Waals surface area contributed by atoms with Crippen LogP contribution in [0.4, 0.5) is 4.79 Å². The number of rotatable bonds is 4. The van der Waals surface area contributed by atoms with Crippen LogP contribution < -0.4 is 0 Å². The molecule has 1 saturated carbocycles. The van der Waals surface area contributed by atoms with Gasteiger partial charge in [-0.2, -0.15) is 0 Å². The van der Waals surface area contributed by atoms with Crippen molar-refractivity contribution in [3.63, 3.8) is 0 Å². The van der Waals surface area contributed by atoms with E-state index in [9.17, 15) is 9.59 Å². The lowest BCUT2D eigenvalue weighted by atomic mass is 10.1. The summed E-state index contributed by atoms with van der Waals surface area (Å²) in [7, 11) is 3.53. The van der Waals surface area contributed by atoms with Crippen LogP contribution in [0.2, 0.25) is 0 Å². The average molecular weight is 502 g/mol. The van der Waals surface area contributed by atoms with Crippen molar-refractivity contribution in [1.29, 1.82) is 0 Å². The third kappa shape index (κ3) is 4.87. The van der Waals surface area contributed by atoms with Crippen molar-refractivity contribution in [2.24, 2.45) is 5.92 Å². The fourth-order valence-electron chi connectivity index (χ4n) is 4.17. The topological polar surface area (TPSA) is 54.8 Å². The van der Waals surface area contributed by atoms with Crippen LogP contribution in [-0.4, -0.2) is 59.2 Å². The predicted molar refractivity (Wildman–Crippen MR) is 131 cm³/mol. The number of hydrogen-bond acceptors (Lipinski definition) is 3. The van der Waals surface area contributed by atoms with Crippen molar-refractivity contribution < 1.29 is 14.3 Å². The van der Waals surface area contributed by atoms with Crippen LogP contribution >= 0.6 is 15.9 Å². The van der Waals surface area contributed by atoms with Gasteiger partial charge in [0.2, 0.25) is 0 Å². The highest BCUT2D eigenvalue weighted by Crippen LogP contribution is 2.38. The average Bonchev–Trinajstić information content (AvgIpc) is 3.45. The van der Waals surface area contributed by atoms with Gasteiger partial charge in [0.15, 0.2) is 0 Å². The molecule has 1 aromatic heterocycles. The molecular weight excluding hydrogens is 470 g/mol. The van der Waals surface area contributed by atoms with Gasteiger partial charge in [0.25, 0.3) is 5.91 Å². The van der Waals surface area contributed by atoms with Crippen molar-refractivity contribution in [3.05, 3.63) is 40.0 Å². The quantitative estimate of drug-likeness (QED) is 0.552. The van der Waals surface area contributed by atoms with Gasteiger partial charge in [-0.05, 0) is 85.7 Å². The first-order valence-corrected chi connectivity index (χ1v) is 12.0. The molecule has 2 aromatic rings. The summed E-state index contributed by atoms with van der Waals surface area (Å²) < 4.78 is 8.90. The Bertz CT molecular complexity index is 1090. The Labute approximate surface area is 198 Å². The smallest absolute Gasteiger partial charge is 0.410 e. The highest BCUT2D eigenvalue weighted by molar-refractivity contribution is 9.10. The first-order valence-electron chi connectivity index (χ1n) is 11.3. The Morgan fingerprint density at radius 3 is 2.53 bits per heavy atom. The molecule has 6 nitrogen and oxygen atoms in total. The van der Waals surface area contributed by atoms with Gasteiger partial charge in [-0.1, -0.05) is 6.08 Å². The van der Waals surface area contributed by atoms with E-state index in [1.54, 1.807) is 23.9 Å². The molecule has 0 bridgehead atoms. The predicted octanol–water partition coefficient (Wildman–Crippen LogP) is 5.54. The molecule has 2 heterocycles. The van der Waals surface area contributed by atoms with Gasteiger partial charge in [0, 0.05) is 48.3 Å². The number of ether oxygens (including phenoxy) is 1. The first kappa shape index (κ1) is 22.9. The van der Waals surface area contributed by atoms with Crippen LogP contribution in [0.15, 0.2) is 28.7 Å². The third-order valence-electron chi connectivity index (χ3n) is 5.87. The molecule has 2 amide bonds. The summed E-state index contributed by atoms with van der Waals surface area (Å²) in [6, 6.07) is 6.06. The lowest BCUT2D eigenvalue weighted by Crippen LogP contribution is -2.39. The lowest BCUT2D eigenvalue weighted by Gasteiger charge is -2.30. The number of nitrogens with zero attached hydrogens (tertiary/aromatic N) is 3. The van der Waals surface area contributed by atoms with E-state index < -0.39 is 5.60 Å². The van der Waals surface area contributed by atoms with Gasteiger partial charge in [-0.3, -0.25) is 4.79 Å². The summed E-state index contributed by atoms with van der Waals surface area (Å²) >= 11 is 3.74. The molecular formula is C25H32BrN3O3. The second kappa shape index (κ2) is 8.58. The second-order valence-corrected chi connectivity index (χ2v) is 11.0. The molecule has 172 valence electrons. The molecule has 1 aliphatic heterocycles.